The fraction of sp³-hybridized carbons (Fsp3) is 0.812. The maximum atomic E-state index is 13.2. The van der Waals surface area contributed by atoms with Crippen molar-refractivity contribution in [2.24, 2.45) is 5.92 Å². The lowest BCUT2D eigenvalue weighted by Gasteiger charge is -2.37. The molecule has 0 aromatic rings. The maximum absolute atomic E-state index is 13.2. The molecule has 1 aliphatic carbocycles. The molecule has 0 spiro atoms. The Hall–Kier alpha value is -0.783. The molecule has 0 aliphatic heterocycles. The Bertz CT molecular complexity index is 434. The van der Waals surface area contributed by atoms with Crippen molar-refractivity contribution in [3.8, 4) is 0 Å². The van der Waals surface area contributed by atoms with E-state index in [0.29, 0.717) is 12.8 Å². The van der Waals surface area contributed by atoms with E-state index in [1.54, 1.807) is 13.1 Å². The zero-order valence-electron chi connectivity index (χ0n) is 14.1. The minimum absolute atomic E-state index is 0.0800. The number of carbonyl (C=O) groups is 1. The summed E-state index contributed by atoms with van der Waals surface area (Å²) >= 11 is 0. The van der Waals surface area contributed by atoms with Gasteiger partial charge in [-0.1, -0.05) is 27.2 Å². The first-order valence-electron chi connectivity index (χ1n) is 7.83. The molecule has 22 heavy (non-hydrogen) atoms. The van der Waals surface area contributed by atoms with Crippen molar-refractivity contribution in [2.45, 2.75) is 77.2 Å². The molecule has 0 heterocycles. The van der Waals surface area contributed by atoms with Gasteiger partial charge in [-0.15, -0.1) is 0 Å². The Morgan fingerprint density at radius 2 is 1.86 bits per heavy atom. The first kappa shape index (κ1) is 19.3. The van der Waals surface area contributed by atoms with Crippen LogP contribution in [0.15, 0.2) is 11.8 Å². The molecule has 6 heteroatoms. The molecule has 0 amide bonds. The molecule has 128 valence electrons. The topological polar surface area (TPSA) is 26.3 Å². The fourth-order valence-corrected chi connectivity index (χ4v) is 3.25. The summed E-state index contributed by atoms with van der Waals surface area (Å²) in [7, 11) is -2.55. The van der Waals surface area contributed by atoms with Crippen molar-refractivity contribution >= 4 is 14.1 Å². The van der Waals surface area contributed by atoms with Crippen LogP contribution in [0.25, 0.3) is 0 Å². The highest BCUT2D eigenvalue weighted by molar-refractivity contribution is 6.74. The summed E-state index contributed by atoms with van der Waals surface area (Å²) in [4.78, 5) is 11.8. The van der Waals surface area contributed by atoms with Crippen molar-refractivity contribution in [3.63, 3.8) is 0 Å². The van der Waals surface area contributed by atoms with Gasteiger partial charge < -0.3 is 4.43 Å². The second kappa shape index (κ2) is 6.77. The molecule has 0 radical (unpaired) electrons. The summed E-state index contributed by atoms with van der Waals surface area (Å²) in [5, 5.41) is -0.308. The first-order valence-corrected chi connectivity index (χ1v) is 10.7. The van der Waals surface area contributed by atoms with E-state index in [9.17, 15) is 18.0 Å². The molecule has 1 aliphatic rings. The first-order chi connectivity index (χ1) is 9.84. The standard InChI is InChI=1S/C16H27F3O2Si/c1-15(2,3)22(4,5)21-14(16(17,18)19)11-10-12-8-6-7-9-13(12)20/h11-12H,6-10H2,1-5H3/b14-11-. The van der Waals surface area contributed by atoms with Crippen LogP contribution < -0.4 is 0 Å². The Kier molecular flexibility index (Phi) is 5.92. The largest absolute Gasteiger partial charge is 0.540 e. The number of alkyl halides is 3. The van der Waals surface area contributed by atoms with Gasteiger partial charge in [-0.05, 0) is 43.5 Å². The second-order valence-electron chi connectivity index (χ2n) is 7.57. The summed E-state index contributed by atoms with van der Waals surface area (Å²) in [5.41, 5.74) is 0. The Morgan fingerprint density at radius 3 is 2.32 bits per heavy atom. The van der Waals surface area contributed by atoms with Crippen molar-refractivity contribution in [1.82, 2.24) is 0 Å². The molecule has 0 aromatic carbocycles. The third kappa shape index (κ3) is 5.14. The number of Topliss-reactive ketones (excluding diaryl/α,β-unsaturated/α-hetero) is 1. The number of halogens is 3. The van der Waals surface area contributed by atoms with E-state index >= 15 is 0 Å². The Balaban J connectivity index is 2.89. The third-order valence-corrected chi connectivity index (χ3v) is 9.06. The van der Waals surface area contributed by atoms with Crippen LogP contribution in [0.5, 0.6) is 0 Å². The van der Waals surface area contributed by atoms with Crippen molar-refractivity contribution in [2.75, 3.05) is 0 Å². The lowest BCUT2D eigenvalue weighted by molar-refractivity contribution is -0.125. The number of hydrogen-bond acceptors (Lipinski definition) is 2. The van der Waals surface area contributed by atoms with Crippen LogP contribution in [0.4, 0.5) is 13.2 Å². The van der Waals surface area contributed by atoms with E-state index in [1.165, 1.54) is 0 Å². The smallest absolute Gasteiger partial charge is 0.447 e. The average molecular weight is 336 g/mol. The van der Waals surface area contributed by atoms with Gasteiger partial charge in [-0.3, -0.25) is 4.79 Å². The monoisotopic (exact) mass is 336 g/mol. The second-order valence-corrected chi connectivity index (χ2v) is 12.3. The van der Waals surface area contributed by atoms with Crippen LogP contribution in [-0.4, -0.2) is 20.3 Å². The molecular formula is C16H27F3O2Si. The van der Waals surface area contributed by atoms with Crippen molar-refractivity contribution in [1.29, 1.82) is 0 Å². The van der Waals surface area contributed by atoms with Crippen LogP contribution in [0.1, 0.15) is 52.9 Å². The minimum Gasteiger partial charge on any atom is -0.540 e. The van der Waals surface area contributed by atoms with E-state index in [0.717, 1.165) is 18.9 Å². The number of ketones is 1. The highest BCUT2D eigenvalue weighted by atomic mass is 28.4. The summed E-state index contributed by atoms with van der Waals surface area (Å²) in [6, 6.07) is 0. The lowest BCUT2D eigenvalue weighted by atomic mass is 9.85. The van der Waals surface area contributed by atoms with Crippen molar-refractivity contribution < 1.29 is 22.4 Å². The van der Waals surface area contributed by atoms with Gasteiger partial charge in [-0.25, -0.2) is 0 Å². The van der Waals surface area contributed by atoms with E-state index in [4.69, 9.17) is 4.43 Å². The van der Waals surface area contributed by atoms with Gasteiger partial charge in [0.1, 0.15) is 5.78 Å². The molecule has 1 rings (SSSR count). The number of rotatable bonds is 4. The van der Waals surface area contributed by atoms with E-state index in [1.807, 2.05) is 20.8 Å². The molecule has 1 unspecified atom stereocenters. The zero-order chi connectivity index (χ0) is 17.2. The van der Waals surface area contributed by atoms with Gasteiger partial charge in [-0.2, -0.15) is 13.2 Å². The Labute approximate surface area is 132 Å². The zero-order valence-corrected chi connectivity index (χ0v) is 15.1. The summed E-state index contributed by atoms with van der Waals surface area (Å²) in [5.74, 6) is -1.12. The number of carbonyl (C=O) groups excluding carboxylic acids is 1. The van der Waals surface area contributed by atoms with E-state index in [2.05, 4.69) is 0 Å². The molecule has 1 saturated carbocycles. The fourth-order valence-electron chi connectivity index (χ4n) is 2.20. The summed E-state index contributed by atoms with van der Waals surface area (Å²) < 4.78 is 45.2. The van der Waals surface area contributed by atoms with Gasteiger partial charge >= 0.3 is 6.18 Å². The molecule has 0 N–H and O–H groups in total. The van der Waals surface area contributed by atoms with Gasteiger partial charge in [0.2, 0.25) is 8.32 Å². The summed E-state index contributed by atoms with van der Waals surface area (Å²) in [6.07, 6.45) is -0.353. The predicted molar refractivity (Wildman–Crippen MR) is 84.0 cm³/mol. The lowest BCUT2D eigenvalue weighted by Crippen LogP contribution is -2.42. The van der Waals surface area contributed by atoms with E-state index < -0.39 is 20.3 Å². The maximum Gasteiger partial charge on any atom is 0.447 e. The summed E-state index contributed by atoms with van der Waals surface area (Å²) in [6.45, 7) is 9.28. The Morgan fingerprint density at radius 1 is 1.27 bits per heavy atom. The molecular weight excluding hydrogens is 309 g/mol. The van der Waals surface area contributed by atoms with E-state index in [-0.39, 0.29) is 23.2 Å². The van der Waals surface area contributed by atoms with Gasteiger partial charge in [0.05, 0.1) is 0 Å². The number of hydrogen-bond donors (Lipinski definition) is 0. The average Bonchev–Trinajstić information content (AvgIpc) is 2.33. The van der Waals surface area contributed by atoms with Crippen LogP contribution in [0, 0.1) is 5.92 Å². The number of allylic oxidation sites excluding steroid dienone is 2. The SMILES string of the molecule is CC(C)(C)[Si](C)(C)O/C(=C\CC1CCCCC1=O)C(F)(F)F. The van der Waals surface area contributed by atoms with Crippen molar-refractivity contribution in [3.05, 3.63) is 11.8 Å². The molecule has 1 fully saturated rings. The molecule has 0 bridgehead atoms. The quantitative estimate of drug-likeness (QED) is 0.493. The molecule has 2 nitrogen and oxygen atoms in total. The highest BCUT2D eigenvalue weighted by Gasteiger charge is 2.45. The normalized spacial score (nSPS) is 21.9. The highest BCUT2D eigenvalue weighted by Crippen LogP contribution is 2.41. The van der Waals surface area contributed by atoms with Crippen LogP contribution in [-0.2, 0) is 9.22 Å². The van der Waals surface area contributed by atoms with Gasteiger partial charge in [0.15, 0.2) is 5.76 Å². The van der Waals surface area contributed by atoms with Crippen LogP contribution in [0.2, 0.25) is 18.1 Å². The minimum atomic E-state index is -4.51. The molecule has 1 atom stereocenters. The molecule has 0 aromatic heterocycles. The van der Waals surface area contributed by atoms with Crippen LogP contribution in [0.3, 0.4) is 0 Å². The third-order valence-electron chi connectivity index (χ3n) is 4.72. The van der Waals surface area contributed by atoms with Gasteiger partial charge in [0, 0.05) is 12.3 Å². The molecule has 0 saturated heterocycles. The van der Waals surface area contributed by atoms with Crippen LogP contribution >= 0.6 is 0 Å². The van der Waals surface area contributed by atoms with Gasteiger partial charge in [0.25, 0.3) is 0 Å². The predicted octanol–water partition coefficient (Wildman–Crippen LogP) is 5.60.